The van der Waals surface area contributed by atoms with Crippen LogP contribution in [0, 0.1) is 0 Å². The van der Waals surface area contributed by atoms with Crippen LogP contribution in [0.5, 0.6) is 0 Å². The molecule has 0 aliphatic carbocycles. The molecular weight excluding hydrogens is 775 g/mol. The molecule has 6 aromatic rings. The van der Waals surface area contributed by atoms with Crippen molar-refractivity contribution in [2.75, 3.05) is 0 Å². The Morgan fingerprint density at radius 1 is 0.640 bits per heavy atom. The monoisotopic (exact) mass is 828 g/mol. The molecule has 6 heteroatoms. The number of hydrogen-bond donors (Lipinski definition) is 0. The van der Waals surface area contributed by atoms with Crippen molar-refractivity contribution in [1.82, 2.24) is 0 Å². The van der Waals surface area contributed by atoms with Gasteiger partial charge < -0.3 is 0 Å². The molecule has 0 aromatic heterocycles. The van der Waals surface area contributed by atoms with Gasteiger partial charge in [-0.1, -0.05) is 162 Å². The first kappa shape index (κ1) is 42.6. The Labute approximate surface area is 327 Å². The molecule has 1 atom stereocenters. The van der Waals surface area contributed by atoms with Crippen LogP contribution in [-0.2, 0) is 27.3 Å². The van der Waals surface area contributed by atoms with E-state index < -0.39 is 37.0 Å². The average Bonchev–Trinajstić information content (AvgIpc) is 3.73. The Kier molecular flexibility index (Phi) is 17.0. The second-order valence-electron chi connectivity index (χ2n) is 15.2. The SMILES string of the molecule is CCC(C)c1cc2c(-c3ccc([Si](C)(C)C)cc3)cccc2[cH-]1.CCc1cc2c(-c3ccc([Si](C)(C)C)cc3)cccc2[cH-]1.C[Si]C.[Cl][Zr+2][Cl]. The summed E-state index contributed by atoms with van der Waals surface area (Å²) in [6, 6.07) is 41.2. The molecule has 262 valence electrons. The van der Waals surface area contributed by atoms with Crippen molar-refractivity contribution < 1.29 is 20.8 Å². The summed E-state index contributed by atoms with van der Waals surface area (Å²) in [6.45, 7) is 25.5. The van der Waals surface area contributed by atoms with Gasteiger partial charge in [-0.15, -0.1) is 69.1 Å². The molecule has 0 spiro atoms. The van der Waals surface area contributed by atoms with Crippen molar-refractivity contribution in [1.29, 1.82) is 0 Å². The minimum absolute atomic E-state index is 0.629. The zero-order valence-electron chi connectivity index (χ0n) is 32.1. The van der Waals surface area contributed by atoms with Crippen LogP contribution >= 0.6 is 17.0 Å². The normalized spacial score (nSPS) is 11.8. The zero-order chi connectivity index (χ0) is 37.1. The van der Waals surface area contributed by atoms with Crippen molar-refractivity contribution in [3.05, 3.63) is 120 Å². The van der Waals surface area contributed by atoms with Gasteiger partial charge in [-0.25, -0.2) is 0 Å². The molecule has 0 saturated heterocycles. The van der Waals surface area contributed by atoms with E-state index in [1.54, 1.807) is 0 Å². The molecule has 0 fully saturated rings. The fraction of sp³-hybridized carbons (Fsp3) is 0.318. The molecule has 0 aliphatic heterocycles. The van der Waals surface area contributed by atoms with Crippen LogP contribution in [0.1, 0.15) is 44.2 Å². The second-order valence-corrected chi connectivity index (χ2v) is 30.0. The van der Waals surface area contributed by atoms with E-state index in [0.717, 1.165) is 15.9 Å². The van der Waals surface area contributed by atoms with Gasteiger partial charge in [0.15, 0.2) is 0 Å². The number of aryl methyl sites for hydroxylation is 1. The Balaban J connectivity index is 0.000000235. The van der Waals surface area contributed by atoms with Gasteiger partial charge in [0.2, 0.25) is 0 Å². The summed E-state index contributed by atoms with van der Waals surface area (Å²) in [4.78, 5) is 0. The van der Waals surface area contributed by atoms with Crippen molar-refractivity contribution in [3.63, 3.8) is 0 Å². The van der Waals surface area contributed by atoms with Crippen LogP contribution < -0.4 is 10.4 Å². The molecule has 0 heterocycles. The van der Waals surface area contributed by atoms with Gasteiger partial charge in [-0.05, 0) is 23.5 Å². The third kappa shape index (κ3) is 11.6. The van der Waals surface area contributed by atoms with E-state index in [4.69, 9.17) is 17.0 Å². The zero-order valence-corrected chi connectivity index (χ0v) is 39.1. The molecule has 6 rings (SSSR count). The maximum absolute atomic E-state index is 4.93. The first-order valence-electron chi connectivity index (χ1n) is 17.9. The predicted octanol–water partition coefficient (Wildman–Crippen LogP) is 13.8. The van der Waals surface area contributed by atoms with Gasteiger partial charge in [0.25, 0.3) is 0 Å². The average molecular weight is 831 g/mol. The van der Waals surface area contributed by atoms with Gasteiger partial charge in [0.1, 0.15) is 0 Å². The number of hydrogen-bond acceptors (Lipinski definition) is 0. The summed E-state index contributed by atoms with van der Waals surface area (Å²) in [6.07, 6.45) is 2.29. The molecule has 0 amide bonds. The van der Waals surface area contributed by atoms with E-state index in [1.807, 2.05) is 0 Å². The van der Waals surface area contributed by atoms with Crippen LogP contribution in [0.4, 0.5) is 0 Å². The minimum atomic E-state index is -1.23. The Hall–Kier alpha value is -1.79. The van der Waals surface area contributed by atoms with Gasteiger partial charge in [0.05, 0.1) is 16.1 Å². The molecule has 1 unspecified atom stereocenters. The number of halogens is 2. The van der Waals surface area contributed by atoms with Crippen LogP contribution in [0.25, 0.3) is 43.8 Å². The quantitative estimate of drug-likeness (QED) is 0.111. The van der Waals surface area contributed by atoms with Crippen LogP contribution in [-0.4, -0.2) is 25.7 Å². The molecule has 0 N–H and O–H groups in total. The van der Waals surface area contributed by atoms with Crippen molar-refractivity contribution >= 4 is 74.6 Å². The van der Waals surface area contributed by atoms with Gasteiger partial charge in [-0.2, -0.15) is 12.1 Å². The van der Waals surface area contributed by atoms with E-state index in [-0.39, 0.29) is 0 Å². The maximum atomic E-state index is 4.93. The van der Waals surface area contributed by atoms with Gasteiger partial charge in [-0.3, -0.25) is 0 Å². The Morgan fingerprint density at radius 2 is 1.04 bits per heavy atom. The topological polar surface area (TPSA) is 0 Å². The Morgan fingerprint density at radius 3 is 1.42 bits per heavy atom. The second kappa shape index (κ2) is 19.9. The van der Waals surface area contributed by atoms with E-state index >= 15 is 0 Å². The van der Waals surface area contributed by atoms with Crippen LogP contribution in [0.15, 0.2) is 109 Å². The van der Waals surface area contributed by atoms with E-state index in [2.05, 4.69) is 182 Å². The molecule has 2 radical (unpaired) electrons. The summed E-state index contributed by atoms with van der Waals surface area (Å²) >= 11 is -0.826. The van der Waals surface area contributed by atoms with Gasteiger partial charge in [0, 0.05) is 9.52 Å². The summed E-state index contributed by atoms with van der Waals surface area (Å²) in [5.41, 5.74) is 8.27. The number of rotatable bonds is 7. The van der Waals surface area contributed by atoms with E-state index in [1.165, 1.54) is 71.7 Å². The van der Waals surface area contributed by atoms with Crippen LogP contribution in [0.3, 0.4) is 0 Å². The first-order chi connectivity index (χ1) is 23.7. The van der Waals surface area contributed by atoms with E-state index in [9.17, 15) is 0 Å². The third-order valence-corrected chi connectivity index (χ3v) is 13.4. The number of benzene rings is 4. The summed E-state index contributed by atoms with van der Waals surface area (Å²) in [5.74, 6) is 0.629. The summed E-state index contributed by atoms with van der Waals surface area (Å²) < 4.78 is 0. The fourth-order valence-corrected chi connectivity index (χ4v) is 8.42. The molecule has 6 aromatic carbocycles. The first-order valence-corrected chi connectivity index (χ1v) is 33.2. The van der Waals surface area contributed by atoms with E-state index in [0.29, 0.717) is 5.92 Å². The molecular formula is C44H56Cl2Si3Zr. The molecule has 0 aliphatic rings. The molecule has 0 bridgehead atoms. The van der Waals surface area contributed by atoms with Crippen LogP contribution in [0.2, 0.25) is 52.4 Å². The van der Waals surface area contributed by atoms with Crippen molar-refractivity contribution in [2.24, 2.45) is 0 Å². The summed E-state index contributed by atoms with van der Waals surface area (Å²) in [5, 5.41) is 8.55. The summed E-state index contributed by atoms with van der Waals surface area (Å²) in [7, 11) is 8.51. The standard InChI is InChI=1S/C22H27Si.C20H23Si.C2H6Si.2ClH.Zr/c1-6-16(2)19-14-18-8-7-9-21(22(18)15-19)17-10-12-20(13-11-17)23(3,4)5;1-5-15-13-17-7-6-8-19(20(17)14-15)16-9-11-18(12-10-16)21(2,3)4;1-3-2;;;/h7-16H,6H2,1-5H3;6-14H,5H2,1-4H3;1-2H3;2*1H;/q2*-1;;;;+4/p-2. The fourth-order valence-electron chi connectivity index (χ4n) is 6.08. The molecule has 0 nitrogen and oxygen atoms in total. The van der Waals surface area contributed by atoms with Crippen molar-refractivity contribution in [3.8, 4) is 22.3 Å². The predicted molar refractivity (Wildman–Crippen MR) is 233 cm³/mol. The Bertz CT molecular complexity index is 1890. The van der Waals surface area contributed by atoms with Crippen molar-refractivity contribution in [2.45, 2.75) is 91.9 Å². The molecule has 50 heavy (non-hydrogen) atoms. The molecule has 0 saturated carbocycles. The number of fused-ring (bicyclic) bond motifs is 2. The van der Waals surface area contributed by atoms with Gasteiger partial charge >= 0.3 is 37.9 Å². The third-order valence-electron chi connectivity index (χ3n) is 9.30.